The quantitative estimate of drug-likeness (QED) is 0.563. The van der Waals surface area contributed by atoms with Crippen LogP contribution in [0.15, 0.2) is 30.3 Å². The van der Waals surface area contributed by atoms with Crippen molar-refractivity contribution in [2.45, 2.75) is 13.5 Å². The fraction of sp³-hybridized carbons (Fsp3) is 0.154. The van der Waals surface area contributed by atoms with Crippen LogP contribution in [0.1, 0.15) is 11.4 Å². The highest BCUT2D eigenvalue weighted by Crippen LogP contribution is 2.19. The van der Waals surface area contributed by atoms with Crippen LogP contribution < -0.4 is 11.3 Å². The zero-order chi connectivity index (χ0) is 14.3. The van der Waals surface area contributed by atoms with E-state index in [0.29, 0.717) is 16.3 Å². The molecule has 0 aliphatic carbocycles. The topological polar surface area (TPSA) is 72.6 Å². The molecule has 0 aliphatic heterocycles. The van der Waals surface area contributed by atoms with E-state index in [9.17, 15) is 0 Å². The molecule has 2 aromatic heterocycles. The molecule has 3 rings (SSSR count). The molecule has 5 nitrogen and oxygen atoms in total. The fourth-order valence-corrected chi connectivity index (χ4v) is 3.33. The summed E-state index contributed by atoms with van der Waals surface area (Å²) in [5.41, 5.74) is 2.13. The highest BCUT2D eigenvalue weighted by molar-refractivity contribution is 7.73. The Labute approximate surface area is 124 Å². The molecule has 0 atom stereocenters. The summed E-state index contributed by atoms with van der Waals surface area (Å²) in [5.74, 6) is 6.38. The van der Waals surface area contributed by atoms with Crippen LogP contribution in [0.25, 0.3) is 10.3 Å². The Morgan fingerprint density at radius 1 is 1.35 bits per heavy atom. The predicted molar refractivity (Wildman–Crippen MR) is 82.7 cm³/mol. The van der Waals surface area contributed by atoms with E-state index in [1.807, 2.05) is 34.9 Å². The van der Waals surface area contributed by atoms with E-state index < -0.39 is 0 Å². The molecule has 20 heavy (non-hydrogen) atoms. The zero-order valence-corrected chi connectivity index (χ0v) is 12.5. The summed E-state index contributed by atoms with van der Waals surface area (Å²) in [6, 6.07) is 10.1. The Hall–Kier alpha value is -1.99. The average Bonchev–Trinajstić information content (AvgIpc) is 2.75. The molecule has 102 valence electrons. The molecule has 0 unspecified atom stereocenters. The van der Waals surface area contributed by atoms with Gasteiger partial charge in [-0.2, -0.15) is 0 Å². The van der Waals surface area contributed by atoms with Gasteiger partial charge in [0.05, 0.1) is 6.54 Å². The van der Waals surface area contributed by atoms with Gasteiger partial charge >= 0.3 is 0 Å². The fourth-order valence-electron chi connectivity index (χ4n) is 2.05. The number of rotatable bonds is 2. The van der Waals surface area contributed by atoms with Gasteiger partial charge in [0.25, 0.3) is 0 Å². The molecule has 0 saturated heterocycles. The molecular weight excluding hydrogens is 290 g/mol. The van der Waals surface area contributed by atoms with Crippen molar-refractivity contribution < 1.29 is 0 Å². The normalized spacial score (nSPS) is 11.1. The minimum absolute atomic E-state index is 0.246. The van der Waals surface area contributed by atoms with Crippen LogP contribution in [0.5, 0.6) is 0 Å². The molecule has 0 radical (unpaired) electrons. The van der Waals surface area contributed by atoms with E-state index in [1.165, 1.54) is 16.0 Å². The zero-order valence-electron chi connectivity index (χ0n) is 10.8. The summed E-state index contributed by atoms with van der Waals surface area (Å²) in [7, 11) is 0. The summed E-state index contributed by atoms with van der Waals surface area (Å²) in [4.78, 5) is 4.48. The second-order valence-electron chi connectivity index (χ2n) is 4.47. The molecule has 0 saturated carbocycles. The van der Waals surface area contributed by atoms with E-state index in [1.54, 1.807) is 6.92 Å². The monoisotopic (exact) mass is 303 g/mol. The van der Waals surface area contributed by atoms with E-state index in [4.69, 9.17) is 23.5 Å². The van der Waals surface area contributed by atoms with Gasteiger partial charge < -0.3 is 10.4 Å². The molecule has 0 spiro atoms. The van der Waals surface area contributed by atoms with Gasteiger partial charge in [0, 0.05) is 0 Å². The van der Waals surface area contributed by atoms with Gasteiger partial charge in [-0.1, -0.05) is 41.7 Å². The Morgan fingerprint density at radius 2 is 2.05 bits per heavy atom. The SMILES string of the molecule is Cc1nc2c(sc(=S)n2Cc2ccccc2)c(=N)n1N. The number of aryl methyl sites for hydroxylation is 1. The van der Waals surface area contributed by atoms with Crippen molar-refractivity contribution in [1.29, 1.82) is 5.41 Å². The highest BCUT2D eigenvalue weighted by Gasteiger charge is 2.11. The van der Waals surface area contributed by atoms with Gasteiger partial charge in [0.15, 0.2) is 15.1 Å². The first kappa shape index (κ1) is 13.0. The number of benzene rings is 1. The number of nitrogens with two attached hydrogens (primary N) is 1. The molecule has 2 heterocycles. The first-order valence-corrected chi connectivity index (χ1v) is 7.27. The van der Waals surface area contributed by atoms with Crippen molar-refractivity contribution in [3.8, 4) is 0 Å². The number of nitrogen functional groups attached to an aromatic ring is 1. The third kappa shape index (κ3) is 2.04. The number of hydrogen-bond donors (Lipinski definition) is 2. The standard InChI is InChI=1S/C13H13N5S2/c1-8-16-12-10(11(14)18(8)15)20-13(19)17(12)7-9-5-3-2-4-6-9/h2-6,14H,7,15H2,1H3. The second kappa shape index (κ2) is 4.84. The van der Waals surface area contributed by atoms with Crippen LogP contribution in [0.4, 0.5) is 0 Å². The predicted octanol–water partition coefficient (Wildman–Crippen LogP) is 2.18. The van der Waals surface area contributed by atoms with Gasteiger partial charge in [0.1, 0.15) is 10.5 Å². The van der Waals surface area contributed by atoms with Crippen LogP contribution in [0, 0.1) is 16.3 Å². The number of aromatic nitrogens is 3. The average molecular weight is 303 g/mol. The van der Waals surface area contributed by atoms with Gasteiger partial charge in [-0.25, -0.2) is 9.66 Å². The summed E-state index contributed by atoms with van der Waals surface area (Å²) in [6.45, 7) is 2.44. The summed E-state index contributed by atoms with van der Waals surface area (Å²) in [5, 5.41) is 8.07. The van der Waals surface area contributed by atoms with E-state index in [0.717, 1.165) is 15.9 Å². The second-order valence-corrected chi connectivity index (χ2v) is 6.11. The number of hydrogen-bond acceptors (Lipinski definition) is 5. The lowest BCUT2D eigenvalue weighted by Crippen LogP contribution is -2.30. The lowest BCUT2D eigenvalue weighted by molar-refractivity contribution is 0.780. The van der Waals surface area contributed by atoms with Gasteiger partial charge in [-0.3, -0.25) is 5.41 Å². The van der Waals surface area contributed by atoms with Crippen LogP contribution in [-0.2, 0) is 6.54 Å². The Bertz CT molecular complexity index is 889. The first-order chi connectivity index (χ1) is 9.58. The van der Waals surface area contributed by atoms with Crippen LogP contribution in [0.3, 0.4) is 0 Å². The lowest BCUT2D eigenvalue weighted by Gasteiger charge is -2.07. The number of fused-ring (bicyclic) bond motifs is 1. The Kier molecular flexibility index (Phi) is 3.15. The molecule has 0 bridgehead atoms. The molecule has 7 heteroatoms. The smallest absolute Gasteiger partial charge is 0.166 e. The molecule has 0 aliphatic rings. The first-order valence-electron chi connectivity index (χ1n) is 6.04. The van der Waals surface area contributed by atoms with Crippen LogP contribution >= 0.6 is 23.6 Å². The molecule has 3 N–H and O–H groups in total. The third-order valence-electron chi connectivity index (χ3n) is 3.12. The number of nitrogens with zero attached hydrogens (tertiary/aromatic N) is 3. The van der Waals surface area contributed by atoms with Gasteiger partial charge in [0.2, 0.25) is 0 Å². The van der Waals surface area contributed by atoms with Crippen molar-refractivity contribution >= 4 is 33.9 Å². The third-order valence-corrected chi connectivity index (χ3v) is 4.57. The minimum Gasteiger partial charge on any atom is -0.336 e. The minimum atomic E-state index is 0.246. The maximum atomic E-state index is 8.07. The molecular formula is C13H13N5S2. The number of thiazole rings is 1. The number of nitrogens with one attached hydrogen (secondary N) is 1. The summed E-state index contributed by atoms with van der Waals surface area (Å²) >= 11 is 6.78. The highest BCUT2D eigenvalue weighted by atomic mass is 32.1. The van der Waals surface area contributed by atoms with Crippen LogP contribution in [0.2, 0.25) is 0 Å². The molecule has 0 fully saturated rings. The van der Waals surface area contributed by atoms with Crippen molar-refractivity contribution in [2.24, 2.45) is 0 Å². The van der Waals surface area contributed by atoms with Gasteiger partial charge in [-0.05, 0) is 24.7 Å². The largest absolute Gasteiger partial charge is 0.336 e. The molecule has 0 amide bonds. The van der Waals surface area contributed by atoms with Crippen molar-refractivity contribution in [1.82, 2.24) is 14.2 Å². The summed E-state index contributed by atoms with van der Waals surface area (Å²) in [6.07, 6.45) is 0. The van der Waals surface area contributed by atoms with E-state index >= 15 is 0 Å². The molecule has 1 aromatic carbocycles. The maximum Gasteiger partial charge on any atom is 0.166 e. The Balaban J connectivity index is 2.24. The lowest BCUT2D eigenvalue weighted by atomic mass is 10.2. The maximum absolute atomic E-state index is 8.07. The Morgan fingerprint density at radius 3 is 2.75 bits per heavy atom. The van der Waals surface area contributed by atoms with Crippen LogP contribution in [-0.4, -0.2) is 14.2 Å². The summed E-state index contributed by atoms with van der Waals surface area (Å²) < 4.78 is 4.66. The van der Waals surface area contributed by atoms with Gasteiger partial charge in [-0.15, -0.1) is 0 Å². The van der Waals surface area contributed by atoms with Crippen molar-refractivity contribution in [3.05, 3.63) is 51.2 Å². The molecule has 3 aromatic rings. The van der Waals surface area contributed by atoms with Crippen molar-refractivity contribution in [3.63, 3.8) is 0 Å². The van der Waals surface area contributed by atoms with E-state index in [2.05, 4.69) is 4.98 Å². The van der Waals surface area contributed by atoms with Crippen molar-refractivity contribution in [2.75, 3.05) is 5.84 Å². The van der Waals surface area contributed by atoms with E-state index in [-0.39, 0.29) is 5.49 Å².